The van der Waals surface area contributed by atoms with Gasteiger partial charge in [-0.15, -0.1) is 0 Å². The van der Waals surface area contributed by atoms with E-state index in [1.54, 1.807) is 0 Å². The number of hydrogen-bond acceptors (Lipinski definition) is 4. The Morgan fingerprint density at radius 1 is 0.839 bits per heavy atom. The second-order valence-electron chi connectivity index (χ2n) is 7.78. The van der Waals surface area contributed by atoms with Gasteiger partial charge in [-0.25, -0.2) is 5.43 Å². The number of carbonyl (C=O) groups is 1. The number of morpholine rings is 1. The van der Waals surface area contributed by atoms with Gasteiger partial charge in [0.15, 0.2) is 0 Å². The summed E-state index contributed by atoms with van der Waals surface area (Å²) in [6, 6.07) is 20.0. The maximum atomic E-state index is 12.5. The van der Waals surface area contributed by atoms with Crippen LogP contribution >= 0.6 is 0 Å². The lowest BCUT2D eigenvalue weighted by Crippen LogP contribution is -2.36. The van der Waals surface area contributed by atoms with Crippen LogP contribution in [-0.2, 0) is 4.74 Å². The van der Waals surface area contributed by atoms with Crippen molar-refractivity contribution >= 4 is 17.3 Å². The normalized spacial score (nSPS) is 14.5. The maximum absolute atomic E-state index is 12.5. The highest BCUT2D eigenvalue weighted by molar-refractivity contribution is 6.01. The molecule has 1 amide bonds. The van der Waals surface area contributed by atoms with Crippen LogP contribution in [0.1, 0.15) is 34.2 Å². The topological polar surface area (TPSA) is 58.9 Å². The molecule has 160 valence electrons. The van der Waals surface area contributed by atoms with Crippen LogP contribution in [0.25, 0.3) is 5.69 Å². The molecule has 0 bridgehead atoms. The van der Waals surface area contributed by atoms with Crippen LogP contribution < -0.4 is 10.3 Å². The molecule has 1 aliphatic heterocycles. The van der Waals surface area contributed by atoms with E-state index in [-0.39, 0.29) is 5.91 Å². The molecule has 0 saturated carbocycles. The predicted octanol–water partition coefficient (Wildman–Crippen LogP) is 4.08. The summed E-state index contributed by atoms with van der Waals surface area (Å²) in [5, 5.41) is 4.29. The lowest BCUT2D eigenvalue weighted by molar-refractivity contribution is 0.0955. The van der Waals surface area contributed by atoms with Crippen LogP contribution in [0.5, 0.6) is 0 Å². The van der Waals surface area contributed by atoms with Gasteiger partial charge in [-0.2, -0.15) is 5.10 Å². The van der Waals surface area contributed by atoms with E-state index in [2.05, 4.69) is 58.1 Å². The number of aryl methyl sites for hydroxylation is 2. The third-order valence-electron chi connectivity index (χ3n) is 5.65. The molecule has 1 N–H and O–H groups in total. The molecule has 2 aromatic carbocycles. The van der Waals surface area contributed by atoms with Crippen molar-refractivity contribution in [3.8, 4) is 5.69 Å². The summed E-state index contributed by atoms with van der Waals surface area (Å²) in [4.78, 5) is 14.8. The van der Waals surface area contributed by atoms with Gasteiger partial charge in [0.05, 0.1) is 18.9 Å². The van der Waals surface area contributed by atoms with Gasteiger partial charge in [-0.05, 0) is 74.9 Å². The molecule has 1 aliphatic rings. The zero-order valence-corrected chi connectivity index (χ0v) is 18.3. The number of hydrogen-bond donors (Lipinski definition) is 1. The van der Waals surface area contributed by atoms with Crippen LogP contribution in [0.2, 0.25) is 0 Å². The van der Waals surface area contributed by atoms with Crippen molar-refractivity contribution in [2.45, 2.75) is 20.8 Å². The Kier molecular flexibility index (Phi) is 6.18. The van der Waals surface area contributed by atoms with Gasteiger partial charge in [0.2, 0.25) is 0 Å². The average Bonchev–Trinajstić information content (AvgIpc) is 3.16. The minimum Gasteiger partial charge on any atom is -0.378 e. The number of rotatable bonds is 5. The van der Waals surface area contributed by atoms with Gasteiger partial charge in [-0.1, -0.05) is 12.1 Å². The third kappa shape index (κ3) is 4.70. The minimum atomic E-state index is -0.225. The van der Waals surface area contributed by atoms with Crippen molar-refractivity contribution in [1.29, 1.82) is 0 Å². The Morgan fingerprint density at radius 3 is 2.00 bits per heavy atom. The third-order valence-corrected chi connectivity index (χ3v) is 5.65. The van der Waals surface area contributed by atoms with Gasteiger partial charge < -0.3 is 14.2 Å². The molecule has 0 atom stereocenters. The molecular weight excluding hydrogens is 388 g/mol. The average molecular weight is 417 g/mol. The molecule has 31 heavy (non-hydrogen) atoms. The van der Waals surface area contributed by atoms with Crippen LogP contribution in [0, 0.1) is 13.8 Å². The number of aromatic nitrogens is 1. The molecule has 0 spiro atoms. The summed E-state index contributed by atoms with van der Waals surface area (Å²) in [7, 11) is 0. The van der Waals surface area contributed by atoms with Crippen molar-refractivity contribution in [3.05, 3.63) is 83.2 Å². The van der Waals surface area contributed by atoms with Crippen LogP contribution in [0.3, 0.4) is 0 Å². The smallest absolute Gasteiger partial charge is 0.271 e. The largest absolute Gasteiger partial charge is 0.378 e. The van der Waals surface area contributed by atoms with Crippen molar-refractivity contribution in [2.75, 3.05) is 31.2 Å². The number of anilines is 1. The van der Waals surface area contributed by atoms with E-state index in [0.717, 1.165) is 54.7 Å². The van der Waals surface area contributed by atoms with Crippen LogP contribution in [0.15, 0.2) is 65.8 Å². The quantitative estimate of drug-likeness (QED) is 0.504. The Bertz CT molecular complexity index is 1060. The Hall–Kier alpha value is -3.38. The second-order valence-corrected chi connectivity index (χ2v) is 7.78. The standard InChI is InChI=1S/C25H28N4O2/c1-18-4-5-19(2)29(18)24-12-8-22(9-13-24)25(30)27-26-20(3)21-6-10-23(11-7-21)28-14-16-31-17-15-28/h4-13H,14-17H2,1-3H3,(H,27,30)/b26-20-. The molecule has 6 nitrogen and oxygen atoms in total. The summed E-state index contributed by atoms with van der Waals surface area (Å²) < 4.78 is 7.56. The van der Waals surface area contributed by atoms with Gasteiger partial charge in [0.1, 0.15) is 0 Å². The number of hydrazone groups is 1. The van der Waals surface area contributed by atoms with E-state index in [1.165, 1.54) is 5.69 Å². The predicted molar refractivity (Wildman–Crippen MR) is 124 cm³/mol. The Balaban J connectivity index is 1.40. The van der Waals surface area contributed by atoms with Crippen LogP contribution in [-0.4, -0.2) is 42.5 Å². The van der Waals surface area contributed by atoms with E-state index in [9.17, 15) is 4.79 Å². The van der Waals surface area contributed by atoms with Gasteiger partial charge in [0.25, 0.3) is 5.91 Å². The molecule has 1 saturated heterocycles. The van der Waals surface area contributed by atoms with E-state index in [0.29, 0.717) is 5.56 Å². The molecule has 4 rings (SSSR count). The second kappa shape index (κ2) is 9.18. The fraction of sp³-hybridized carbons (Fsp3) is 0.280. The van der Waals surface area contributed by atoms with Gasteiger partial charge >= 0.3 is 0 Å². The number of nitrogens with one attached hydrogen (secondary N) is 1. The first-order valence-electron chi connectivity index (χ1n) is 10.6. The molecule has 2 heterocycles. The van der Waals surface area contributed by atoms with Crippen LogP contribution in [0.4, 0.5) is 5.69 Å². The SMILES string of the molecule is C/C(=N/NC(=O)c1ccc(-n2c(C)ccc2C)cc1)c1ccc(N2CCOCC2)cc1. The molecule has 0 aliphatic carbocycles. The molecular formula is C25H28N4O2. The summed E-state index contributed by atoms with van der Waals surface area (Å²) in [5.74, 6) is -0.225. The number of ether oxygens (including phenoxy) is 1. The summed E-state index contributed by atoms with van der Waals surface area (Å²) in [6.07, 6.45) is 0. The minimum absolute atomic E-state index is 0.225. The molecule has 1 fully saturated rings. The summed E-state index contributed by atoms with van der Waals surface area (Å²) in [6.45, 7) is 9.37. The van der Waals surface area contributed by atoms with Gasteiger partial charge in [0, 0.05) is 41.4 Å². The summed E-state index contributed by atoms with van der Waals surface area (Å²) >= 11 is 0. The van der Waals surface area contributed by atoms with Crippen molar-refractivity contribution < 1.29 is 9.53 Å². The number of nitrogens with zero attached hydrogens (tertiary/aromatic N) is 3. The van der Waals surface area contributed by atoms with Crippen molar-refractivity contribution in [3.63, 3.8) is 0 Å². The van der Waals surface area contributed by atoms with Crippen molar-refractivity contribution in [2.24, 2.45) is 5.10 Å². The Labute approximate surface area is 183 Å². The Morgan fingerprint density at radius 2 is 1.39 bits per heavy atom. The fourth-order valence-electron chi connectivity index (χ4n) is 3.84. The zero-order valence-electron chi connectivity index (χ0n) is 18.3. The molecule has 0 radical (unpaired) electrons. The fourth-order valence-corrected chi connectivity index (χ4v) is 3.84. The first-order chi connectivity index (χ1) is 15.0. The monoisotopic (exact) mass is 416 g/mol. The highest BCUT2D eigenvalue weighted by Gasteiger charge is 2.11. The number of carbonyl (C=O) groups excluding carboxylic acids is 1. The maximum Gasteiger partial charge on any atom is 0.271 e. The first-order valence-corrected chi connectivity index (χ1v) is 10.6. The lowest BCUT2D eigenvalue weighted by atomic mass is 10.1. The van der Waals surface area contributed by atoms with E-state index in [4.69, 9.17) is 4.74 Å². The lowest BCUT2D eigenvalue weighted by Gasteiger charge is -2.28. The molecule has 0 unspecified atom stereocenters. The molecule has 1 aromatic heterocycles. The number of benzene rings is 2. The van der Waals surface area contributed by atoms with E-state index in [1.807, 2.05) is 43.3 Å². The van der Waals surface area contributed by atoms with Crippen molar-refractivity contribution in [1.82, 2.24) is 9.99 Å². The zero-order chi connectivity index (χ0) is 21.8. The highest BCUT2D eigenvalue weighted by Crippen LogP contribution is 2.18. The number of amides is 1. The molecule has 3 aromatic rings. The van der Waals surface area contributed by atoms with E-state index >= 15 is 0 Å². The first kappa shape index (κ1) is 20.9. The molecule has 6 heteroatoms. The highest BCUT2D eigenvalue weighted by atomic mass is 16.5. The van der Waals surface area contributed by atoms with E-state index < -0.39 is 0 Å². The van der Waals surface area contributed by atoms with Gasteiger partial charge in [-0.3, -0.25) is 4.79 Å². The summed E-state index contributed by atoms with van der Waals surface area (Å²) in [5.41, 5.74) is 9.52.